The van der Waals surface area contributed by atoms with Crippen molar-refractivity contribution in [3.63, 3.8) is 0 Å². The van der Waals surface area contributed by atoms with E-state index in [1.54, 1.807) is 6.20 Å². The van der Waals surface area contributed by atoms with Gasteiger partial charge >= 0.3 is 0 Å². The normalized spacial score (nSPS) is 10.6. The molecule has 0 aliphatic heterocycles. The second kappa shape index (κ2) is 5.69. The Hall–Kier alpha value is -1.81. The van der Waals surface area contributed by atoms with Gasteiger partial charge in [-0.05, 0) is 19.9 Å². The fourth-order valence-corrected chi connectivity index (χ4v) is 1.87. The molecule has 0 atom stereocenters. The standard InChI is InChI=1S/C14H18N2O2/c1-11-3-4-14(13(9-11)10-17)18-8-7-16-6-5-15-12(16)2/h3-6,9,17H,7-8,10H2,1-2H3. The van der Waals surface area contributed by atoms with Crippen LogP contribution in [0.2, 0.25) is 0 Å². The lowest BCUT2D eigenvalue weighted by atomic mass is 10.1. The van der Waals surface area contributed by atoms with Crippen LogP contribution in [0, 0.1) is 13.8 Å². The highest BCUT2D eigenvalue weighted by Gasteiger charge is 2.03. The predicted octanol–water partition coefficient (Wildman–Crippen LogP) is 2.07. The highest BCUT2D eigenvalue weighted by atomic mass is 16.5. The molecule has 4 nitrogen and oxygen atoms in total. The van der Waals surface area contributed by atoms with E-state index < -0.39 is 0 Å². The Morgan fingerprint density at radius 3 is 2.83 bits per heavy atom. The number of aryl methyl sites for hydroxylation is 2. The number of hydrogen-bond acceptors (Lipinski definition) is 3. The van der Waals surface area contributed by atoms with E-state index in [0.717, 1.165) is 29.2 Å². The van der Waals surface area contributed by atoms with Crippen LogP contribution in [-0.4, -0.2) is 21.3 Å². The third-order valence-electron chi connectivity index (χ3n) is 2.90. The Balaban J connectivity index is 1.96. The van der Waals surface area contributed by atoms with Crippen molar-refractivity contribution in [2.75, 3.05) is 6.61 Å². The summed E-state index contributed by atoms with van der Waals surface area (Å²) >= 11 is 0. The minimum atomic E-state index is 0.00111. The van der Waals surface area contributed by atoms with Crippen LogP contribution in [0.4, 0.5) is 0 Å². The molecule has 0 aliphatic rings. The molecule has 0 amide bonds. The third kappa shape index (κ3) is 2.90. The minimum absolute atomic E-state index is 0.00111. The van der Waals surface area contributed by atoms with Crippen molar-refractivity contribution in [1.82, 2.24) is 9.55 Å². The zero-order valence-corrected chi connectivity index (χ0v) is 10.8. The lowest BCUT2D eigenvalue weighted by Crippen LogP contribution is -2.09. The number of aromatic nitrogens is 2. The summed E-state index contributed by atoms with van der Waals surface area (Å²) in [6, 6.07) is 5.83. The highest BCUT2D eigenvalue weighted by molar-refractivity contribution is 5.36. The van der Waals surface area contributed by atoms with Crippen molar-refractivity contribution in [3.05, 3.63) is 47.5 Å². The summed E-state index contributed by atoms with van der Waals surface area (Å²) in [5, 5.41) is 9.28. The molecule has 2 rings (SSSR count). The number of ether oxygens (including phenoxy) is 1. The summed E-state index contributed by atoms with van der Waals surface area (Å²) < 4.78 is 7.74. The molecule has 0 saturated carbocycles. The largest absolute Gasteiger partial charge is 0.491 e. The Kier molecular flexibility index (Phi) is 3.99. The van der Waals surface area contributed by atoms with Gasteiger partial charge in [0.25, 0.3) is 0 Å². The van der Waals surface area contributed by atoms with Gasteiger partial charge in [0, 0.05) is 18.0 Å². The molecule has 4 heteroatoms. The maximum absolute atomic E-state index is 9.28. The molecule has 0 bridgehead atoms. The average molecular weight is 246 g/mol. The van der Waals surface area contributed by atoms with Gasteiger partial charge in [-0.15, -0.1) is 0 Å². The van der Waals surface area contributed by atoms with E-state index in [1.807, 2.05) is 42.8 Å². The van der Waals surface area contributed by atoms with Crippen molar-refractivity contribution >= 4 is 0 Å². The minimum Gasteiger partial charge on any atom is -0.491 e. The first-order chi connectivity index (χ1) is 8.70. The van der Waals surface area contributed by atoms with E-state index in [1.165, 1.54) is 0 Å². The zero-order chi connectivity index (χ0) is 13.0. The van der Waals surface area contributed by atoms with Gasteiger partial charge in [-0.3, -0.25) is 0 Å². The highest BCUT2D eigenvalue weighted by Crippen LogP contribution is 2.20. The maximum atomic E-state index is 9.28. The quantitative estimate of drug-likeness (QED) is 0.878. The smallest absolute Gasteiger partial charge is 0.124 e. The van der Waals surface area contributed by atoms with Crippen LogP contribution >= 0.6 is 0 Å². The van der Waals surface area contributed by atoms with Crippen LogP contribution in [0.15, 0.2) is 30.6 Å². The van der Waals surface area contributed by atoms with Crippen LogP contribution in [0.3, 0.4) is 0 Å². The lowest BCUT2D eigenvalue weighted by Gasteiger charge is -2.11. The second-order valence-electron chi connectivity index (χ2n) is 4.29. The van der Waals surface area contributed by atoms with Crippen molar-refractivity contribution in [3.8, 4) is 5.75 Å². The molecule has 0 saturated heterocycles. The van der Waals surface area contributed by atoms with E-state index in [2.05, 4.69) is 4.98 Å². The Labute approximate surface area is 107 Å². The molecule has 2 aromatic rings. The number of nitrogens with zero attached hydrogens (tertiary/aromatic N) is 2. The number of rotatable bonds is 5. The second-order valence-corrected chi connectivity index (χ2v) is 4.29. The Morgan fingerprint density at radius 1 is 1.33 bits per heavy atom. The van der Waals surface area contributed by atoms with E-state index in [4.69, 9.17) is 4.74 Å². The number of imidazole rings is 1. The zero-order valence-electron chi connectivity index (χ0n) is 10.8. The van der Waals surface area contributed by atoms with Crippen LogP contribution in [0.25, 0.3) is 0 Å². The maximum Gasteiger partial charge on any atom is 0.124 e. The summed E-state index contributed by atoms with van der Waals surface area (Å²) in [6.45, 7) is 5.28. The van der Waals surface area contributed by atoms with Crippen LogP contribution < -0.4 is 4.74 Å². The molecule has 1 aromatic carbocycles. The number of benzene rings is 1. The first-order valence-electron chi connectivity index (χ1n) is 6.01. The third-order valence-corrected chi connectivity index (χ3v) is 2.90. The van der Waals surface area contributed by atoms with Gasteiger partial charge in [-0.2, -0.15) is 0 Å². The number of aliphatic hydroxyl groups excluding tert-OH is 1. The molecule has 0 radical (unpaired) electrons. The molecule has 96 valence electrons. The van der Waals surface area contributed by atoms with Crippen molar-refractivity contribution in [2.45, 2.75) is 27.0 Å². The summed E-state index contributed by atoms with van der Waals surface area (Å²) in [5.41, 5.74) is 1.95. The summed E-state index contributed by atoms with van der Waals surface area (Å²) in [5.74, 6) is 1.73. The van der Waals surface area contributed by atoms with Gasteiger partial charge in [-0.1, -0.05) is 17.7 Å². The number of aliphatic hydroxyl groups is 1. The molecule has 1 aromatic heterocycles. The van der Waals surface area contributed by atoms with Crippen LogP contribution in [-0.2, 0) is 13.2 Å². The molecule has 0 fully saturated rings. The molecule has 1 N–H and O–H groups in total. The van der Waals surface area contributed by atoms with Gasteiger partial charge < -0.3 is 14.4 Å². The van der Waals surface area contributed by atoms with Crippen molar-refractivity contribution in [2.24, 2.45) is 0 Å². The molecule has 0 unspecified atom stereocenters. The Morgan fingerprint density at radius 2 is 2.17 bits per heavy atom. The molecule has 18 heavy (non-hydrogen) atoms. The van der Waals surface area contributed by atoms with E-state index in [-0.39, 0.29) is 6.61 Å². The number of hydrogen-bond donors (Lipinski definition) is 1. The lowest BCUT2D eigenvalue weighted by molar-refractivity contribution is 0.257. The van der Waals surface area contributed by atoms with Crippen molar-refractivity contribution < 1.29 is 9.84 Å². The van der Waals surface area contributed by atoms with Gasteiger partial charge in [0.05, 0.1) is 13.2 Å². The van der Waals surface area contributed by atoms with Gasteiger partial charge in [-0.25, -0.2) is 4.98 Å². The summed E-state index contributed by atoms with van der Waals surface area (Å²) in [4.78, 5) is 4.16. The molecular weight excluding hydrogens is 228 g/mol. The molecular formula is C14H18N2O2. The molecule has 0 aliphatic carbocycles. The predicted molar refractivity (Wildman–Crippen MR) is 69.6 cm³/mol. The Bertz CT molecular complexity index is 520. The van der Waals surface area contributed by atoms with Crippen LogP contribution in [0.5, 0.6) is 5.75 Å². The van der Waals surface area contributed by atoms with Crippen LogP contribution in [0.1, 0.15) is 17.0 Å². The molecule has 0 spiro atoms. The van der Waals surface area contributed by atoms with Gasteiger partial charge in [0.2, 0.25) is 0 Å². The first-order valence-corrected chi connectivity index (χ1v) is 6.01. The van der Waals surface area contributed by atoms with Crippen molar-refractivity contribution in [1.29, 1.82) is 0 Å². The fraction of sp³-hybridized carbons (Fsp3) is 0.357. The topological polar surface area (TPSA) is 47.3 Å². The van der Waals surface area contributed by atoms with Gasteiger partial charge in [0.15, 0.2) is 0 Å². The monoisotopic (exact) mass is 246 g/mol. The van der Waals surface area contributed by atoms with Gasteiger partial charge in [0.1, 0.15) is 18.2 Å². The first kappa shape index (κ1) is 12.6. The van der Waals surface area contributed by atoms with E-state index in [0.29, 0.717) is 6.61 Å². The summed E-state index contributed by atoms with van der Waals surface area (Å²) in [7, 11) is 0. The van der Waals surface area contributed by atoms with E-state index >= 15 is 0 Å². The SMILES string of the molecule is Cc1ccc(OCCn2ccnc2C)c(CO)c1. The average Bonchev–Trinajstić information content (AvgIpc) is 2.77. The van der Waals surface area contributed by atoms with E-state index in [9.17, 15) is 5.11 Å². The summed E-state index contributed by atoms with van der Waals surface area (Å²) in [6.07, 6.45) is 3.71. The fourth-order valence-electron chi connectivity index (χ4n) is 1.87. The molecule has 1 heterocycles.